The first-order valence-corrected chi connectivity index (χ1v) is 6.48. The molecule has 0 spiro atoms. The smallest absolute Gasteiger partial charge is 0.222 e. The highest BCUT2D eigenvalue weighted by molar-refractivity contribution is 5.78. The Morgan fingerprint density at radius 3 is 2.78 bits per heavy atom. The minimum Gasteiger partial charge on any atom is -0.337 e. The Morgan fingerprint density at radius 1 is 1.22 bits per heavy atom. The first-order valence-electron chi connectivity index (χ1n) is 6.48. The molecule has 96 valence electrons. The average Bonchev–Trinajstić information content (AvgIpc) is 2.74. The second kappa shape index (κ2) is 4.69. The number of nitrogens with zero attached hydrogens (tertiary/aromatic N) is 2. The molecule has 2 saturated heterocycles. The monoisotopic (exact) mass is 248 g/mol. The van der Waals surface area contributed by atoms with E-state index in [-0.39, 0.29) is 5.82 Å². The second-order valence-corrected chi connectivity index (χ2v) is 5.14. The van der Waals surface area contributed by atoms with E-state index in [1.165, 1.54) is 12.1 Å². The lowest BCUT2D eigenvalue weighted by atomic mass is 10.1. The molecule has 2 aliphatic rings. The summed E-state index contributed by atoms with van der Waals surface area (Å²) in [6.07, 6.45) is 1.69. The van der Waals surface area contributed by atoms with Crippen LogP contribution in [-0.4, -0.2) is 41.4 Å². The van der Waals surface area contributed by atoms with Gasteiger partial charge in [0, 0.05) is 38.6 Å². The van der Waals surface area contributed by atoms with E-state index < -0.39 is 0 Å². The Bertz CT molecular complexity index is 446. The first kappa shape index (κ1) is 11.7. The molecule has 0 unspecified atom stereocenters. The van der Waals surface area contributed by atoms with Gasteiger partial charge in [0.05, 0.1) is 0 Å². The minimum absolute atomic E-state index is 0.190. The fourth-order valence-electron chi connectivity index (χ4n) is 2.92. The summed E-state index contributed by atoms with van der Waals surface area (Å²) < 4.78 is 12.8. The zero-order valence-electron chi connectivity index (χ0n) is 10.3. The number of halogens is 1. The van der Waals surface area contributed by atoms with E-state index in [4.69, 9.17) is 0 Å². The molecule has 2 aliphatic heterocycles. The number of rotatable bonds is 2. The van der Waals surface area contributed by atoms with E-state index in [1.807, 2.05) is 17.0 Å². The number of carbonyl (C=O) groups excluding carboxylic acids is 1. The van der Waals surface area contributed by atoms with Crippen molar-refractivity contribution in [3.05, 3.63) is 35.6 Å². The summed E-state index contributed by atoms with van der Waals surface area (Å²) >= 11 is 0. The SMILES string of the molecule is O=C1CC[C@@H]2CN(Cc3ccc(F)cc3)CCN12. The van der Waals surface area contributed by atoms with Gasteiger partial charge in [0.2, 0.25) is 5.91 Å². The van der Waals surface area contributed by atoms with Crippen LogP contribution in [0, 0.1) is 5.82 Å². The zero-order chi connectivity index (χ0) is 12.5. The van der Waals surface area contributed by atoms with Crippen molar-refractivity contribution in [1.82, 2.24) is 9.80 Å². The molecule has 0 saturated carbocycles. The molecule has 0 aromatic heterocycles. The summed E-state index contributed by atoms with van der Waals surface area (Å²) in [5, 5.41) is 0. The number of fused-ring (bicyclic) bond motifs is 1. The Balaban J connectivity index is 1.62. The van der Waals surface area contributed by atoms with Crippen molar-refractivity contribution in [1.29, 1.82) is 0 Å². The minimum atomic E-state index is -0.190. The molecule has 4 heteroatoms. The maximum absolute atomic E-state index is 12.8. The van der Waals surface area contributed by atoms with Crippen LogP contribution < -0.4 is 0 Å². The molecule has 2 fully saturated rings. The number of hydrogen-bond acceptors (Lipinski definition) is 2. The van der Waals surface area contributed by atoms with E-state index in [0.717, 1.165) is 38.2 Å². The van der Waals surface area contributed by atoms with Gasteiger partial charge in [0.25, 0.3) is 0 Å². The molecule has 0 bridgehead atoms. The lowest BCUT2D eigenvalue weighted by molar-refractivity contribution is -0.130. The molecule has 1 aromatic rings. The van der Waals surface area contributed by atoms with E-state index in [2.05, 4.69) is 4.90 Å². The molecule has 1 atom stereocenters. The summed E-state index contributed by atoms with van der Waals surface area (Å²) in [5.41, 5.74) is 1.13. The topological polar surface area (TPSA) is 23.6 Å². The number of amides is 1. The largest absolute Gasteiger partial charge is 0.337 e. The van der Waals surface area contributed by atoms with Crippen LogP contribution in [0.25, 0.3) is 0 Å². The first-order chi connectivity index (χ1) is 8.72. The molecule has 0 N–H and O–H groups in total. The molecule has 18 heavy (non-hydrogen) atoms. The van der Waals surface area contributed by atoms with Gasteiger partial charge in [0.1, 0.15) is 5.82 Å². The molecule has 3 nitrogen and oxygen atoms in total. The number of piperazine rings is 1. The van der Waals surface area contributed by atoms with Crippen LogP contribution in [0.1, 0.15) is 18.4 Å². The summed E-state index contributed by atoms with van der Waals surface area (Å²) in [6.45, 7) is 3.55. The van der Waals surface area contributed by atoms with Gasteiger partial charge in [-0.2, -0.15) is 0 Å². The zero-order valence-corrected chi connectivity index (χ0v) is 10.3. The van der Waals surface area contributed by atoms with E-state index in [9.17, 15) is 9.18 Å². The predicted molar refractivity (Wildman–Crippen MR) is 66.4 cm³/mol. The van der Waals surface area contributed by atoms with Crippen molar-refractivity contribution in [3.8, 4) is 0 Å². The fraction of sp³-hybridized carbons (Fsp3) is 0.500. The van der Waals surface area contributed by atoms with Gasteiger partial charge >= 0.3 is 0 Å². The average molecular weight is 248 g/mol. The van der Waals surface area contributed by atoms with Crippen molar-refractivity contribution >= 4 is 5.91 Å². The van der Waals surface area contributed by atoms with Crippen molar-refractivity contribution < 1.29 is 9.18 Å². The molecular weight excluding hydrogens is 231 g/mol. The highest BCUT2D eigenvalue weighted by Crippen LogP contribution is 2.23. The van der Waals surface area contributed by atoms with Crippen LogP contribution in [0.3, 0.4) is 0 Å². The van der Waals surface area contributed by atoms with Crippen LogP contribution in [0.4, 0.5) is 4.39 Å². The molecule has 1 aromatic carbocycles. The Hall–Kier alpha value is -1.42. The van der Waals surface area contributed by atoms with E-state index in [1.54, 1.807) is 0 Å². The highest BCUT2D eigenvalue weighted by atomic mass is 19.1. The molecule has 3 rings (SSSR count). The molecule has 0 aliphatic carbocycles. The summed E-state index contributed by atoms with van der Waals surface area (Å²) in [4.78, 5) is 15.9. The maximum atomic E-state index is 12.8. The Morgan fingerprint density at radius 2 is 2.00 bits per heavy atom. The number of carbonyl (C=O) groups is 1. The second-order valence-electron chi connectivity index (χ2n) is 5.14. The summed E-state index contributed by atoms with van der Waals surface area (Å²) in [7, 11) is 0. The fourth-order valence-corrected chi connectivity index (χ4v) is 2.92. The van der Waals surface area contributed by atoms with E-state index in [0.29, 0.717) is 18.4 Å². The van der Waals surface area contributed by atoms with E-state index >= 15 is 0 Å². The molecule has 2 heterocycles. The van der Waals surface area contributed by atoms with Crippen molar-refractivity contribution in [3.63, 3.8) is 0 Å². The Kier molecular flexibility index (Phi) is 3.04. The number of hydrogen-bond donors (Lipinski definition) is 0. The molecule has 1 amide bonds. The van der Waals surface area contributed by atoms with Gasteiger partial charge in [-0.1, -0.05) is 12.1 Å². The van der Waals surface area contributed by atoms with Crippen LogP contribution in [0.2, 0.25) is 0 Å². The highest BCUT2D eigenvalue weighted by Gasteiger charge is 2.35. The van der Waals surface area contributed by atoms with Crippen molar-refractivity contribution in [2.24, 2.45) is 0 Å². The van der Waals surface area contributed by atoms with Crippen LogP contribution in [0.15, 0.2) is 24.3 Å². The van der Waals surface area contributed by atoms with Crippen LogP contribution in [0.5, 0.6) is 0 Å². The third-order valence-electron chi connectivity index (χ3n) is 3.90. The van der Waals surface area contributed by atoms with Crippen LogP contribution >= 0.6 is 0 Å². The summed E-state index contributed by atoms with van der Waals surface area (Å²) in [6, 6.07) is 7.07. The van der Waals surface area contributed by atoms with Gasteiger partial charge in [0.15, 0.2) is 0 Å². The van der Waals surface area contributed by atoms with Gasteiger partial charge in [-0.15, -0.1) is 0 Å². The third kappa shape index (κ3) is 2.25. The normalized spacial score (nSPS) is 24.4. The quantitative estimate of drug-likeness (QED) is 0.794. The van der Waals surface area contributed by atoms with Crippen molar-refractivity contribution in [2.75, 3.05) is 19.6 Å². The van der Waals surface area contributed by atoms with Gasteiger partial charge in [-0.05, 0) is 24.1 Å². The third-order valence-corrected chi connectivity index (χ3v) is 3.90. The standard InChI is InChI=1S/C14H17FN2O/c15-12-3-1-11(2-4-12)9-16-7-8-17-13(10-16)5-6-14(17)18/h1-4,13H,5-10H2/t13-/m1/s1. The lowest BCUT2D eigenvalue weighted by Crippen LogP contribution is -2.50. The van der Waals surface area contributed by atoms with Gasteiger partial charge in [-0.3, -0.25) is 9.69 Å². The maximum Gasteiger partial charge on any atom is 0.222 e. The summed E-state index contributed by atoms with van der Waals surface area (Å²) in [5.74, 6) is 0.117. The Labute approximate surface area is 106 Å². The van der Waals surface area contributed by atoms with Crippen molar-refractivity contribution in [2.45, 2.75) is 25.4 Å². The van der Waals surface area contributed by atoms with Crippen LogP contribution in [-0.2, 0) is 11.3 Å². The van der Waals surface area contributed by atoms with Gasteiger partial charge in [-0.25, -0.2) is 4.39 Å². The molecule has 0 radical (unpaired) electrons. The lowest BCUT2D eigenvalue weighted by Gasteiger charge is -2.37. The molecular formula is C14H17FN2O. The predicted octanol–water partition coefficient (Wildman–Crippen LogP) is 1.63. The van der Waals surface area contributed by atoms with Gasteiger partial charge < -0.3 is 4.90 Å². The number of benzene rings is 1.